The number of para-hydroxylation sites is 1. The van der Waals surface area contributed by atoms with Crippen LogP contribution in [0.4, 0.5) is 0 Å². The summed E-state index contributed by atoms with van der Waals surface area (Å²) in [6.45, 7) is 0. The normalized spacial score (nSPS) is 11.7. The second-order valence-corrected chi connectivity index (χ2v) is 12.4. The van der Waals surface area contributed by atoms with E-state index < -0.39 is 0 Å². The van der Waals surface area contributed by atoms with Crippen molar-refractivity contribution in [1.29, 1.82) is 0 Å². The first-order valence-electron chi connectivity index (χ1n) is 16.4. The minimum Gasteiger partial charge on any atom is -0.456 e. The Bertz CT molecular complexity index is 2890. The SMILES string of the molecule is c1ccc(-c2nc(-c3cccc(-c4cccc5c4ccc4c6ccccc6ccc54)c3)nc(-c3cccc4oc5ccccc5c34)n2)cc1. The topological polar surface area (TPSA) is 51.8 Å². The molecule has 0 fully saturated rings. The van der Waals surface area contributed by atoms with Crippen LogP contribution in [0.15, 0.2) is 168 Å². The second kappa shape index (κ2) is 11.0. The Morgan fingerprint density at radius 1 is 0.327 bits per heavy atom. The van der Waals surface area contributed by atoms with E-state index in [0.29, 0.717) is 17.5 Å². The van der Waals surface area contributed by atoms with Gasteiger partial charge in [0.25, 0.3) is 0 Å². The fraction of sp³-hybridized carbons (Fsp3) is 0. The molecule has 0 spiro atoms. The number of hydrogen-bond donors (Lipinski definition) is 0. The molecule has 49 heavy (non-hydrogen) atoms. The van der Waals surface area contributed by atoms with Crippen LogP contribution >= 0.6 is 0 Å². The molecular formula is C45H27N3O. The minimum absolute atomic E-state index is 0.607. The summed E-state index contributed by atoms with van der Waals surface area (Å²) in [6, 6.07) is 57.0. The van der Waals surface area contributed by atoms with Gasteiger partial charge in [0.1, 0.15) is 11.2 Å². The molecule has 0 aliphatic heterocycles. The molecule has 8 aromatic carbocycles. The number of fused-ring (bicyclic) bond motifs is 8. The zero-order valence-electron chi connectivity index (χ0n) is 26.3. The van der Waals surface area contributed by atoms with Crippen molar-refractivity contribution >= 4 is 54.3 Å². The molecule has 0 radical (unpaired) electrons. The Balaban J connectivity index is 1.16. The van der Waals surface area contributed by atoms with Gasteiger partial charge >= 0.3 is 0 Å². The van der Waals surface area contributed by atoms with Gasteiger partial charge in [-0.2, -0.15) is 0 Å². The summed E-state index contributed by atoms with van der Waals surface area (Å²) in [5, 5.41) is 9.53. The first-order chi connectivity index (χ1) is 24.3. The van der Waals surface area contributed by atoms with Crippen molar-refractivity contribution in [3.05, 3.63) is 164 Å². The molecule has 0 N–H and O–H groups in total. The lowest BCUT2D eigenvalue weighted by Gasteiger charge is -2.13. The monoisotopic (exact) mass is 625 g/mol. The van der Waals surface area contributed by atoms with E-state index in [0.717, 1.165) is 44.2 Å². The van der Waals surface area contributed by atoms with Crippen molar-refractivity contribution in [2.75, 3.05) is 0 Å². The van der Waals surface area contributed by atoms with Gasteiger partial charge in [-0.3, -0.25) is 0 Å². The maximum atomic E-state index is 6.22. The molecular weight excluding hydrogens is 599 g/mol. The van der Waals surface area contributed by atoms with E-state index in [1.807, 2.05) is 60.7 Å². The third-order valence-electron chi connectivity index (χ3n) is 9.53. The van der Waals surface area contributed by atoms with Crippen LogP contribution in [0.5, 0.6) is 0 Å². The molecule has 4 heteroatoms. The molecule has 0 unspecified atom stereocenters. The molecule has 0 saturated carbocycles. The highest BCUT2D eigenvalue weighted by Gasteiger charge is 2.18. The van der Waals surface area contributed by atoms with E-state index in [2.05, 4.69) is 103 Å². The second-order valence-electron chi connectivity index (χ2n) is 12.4. The number of furan rings is 1. The van der Waals surface area contributed by atoms with Crippen molar-refractivity contribution in [3.8, 4) is 45.3 Å². The Hall–Kier alpha value is -6.65. The lowest BCUT2D eigenvalue weighted by Crippen LogP contribution is -2.00. The van der Waals surface area contributed by atoms with Gasteiger partial charge in [0.15, 0.2) is 17.5 Å². The summed E-state index contributed by atoms with van der Waals surface area (Å²) in [4.78, 5) is 15.2. The number of rotatable bonds is 4. The van der Waals surface area contributed by atoms with Gasteiger partial charge in [-0.25, -0.2) is 15.0 Å². The predicted molar refractivity (Wildman–Crippen MR) is 201 cm³/mol. The molecule has 0 saturated heterocycles. The average Bonchev–Trinajstić information content (AvgIpc) is 3.57. The van der Waals surface area contributed by atoms with E-state index >= 15 is 0 Å². The van der Waals surface area contributed by atoms with Gasteiger partial charge < -0.3 is 4.42 Å². The minimum atomic E-state index is 0.607. The number of hydrogen-bond acceptors (Lipinski definition) is 4. The first kappa shape index (κ1) is 27.5. The fourth-order valence-corrected chi connectivity index (χ4v) is 7.24. The van der Waals surface area contributed by atoms with E-state index in [-0.39, 0.29) is 0 Å². The molecule has 0 bridgehead atoms. The van der Waals surface area contributed by atoms with Crippen LogP contribution in [-0.2, 0) is 0 Å². The van der Waals surface area contributed by atoms with Crippen LogP contribution in [0, 0.1) is 0 Å². The van der Waals surface area contributed by atoms with Crippen LogP contribution < -0.4 is 0 Å². The molecule has 4 nitrogen and oxygen atoms in total. The molecule has 10 aromatic rings. The van der Waals surface area contributed by atoms with Crippen molar-refractivity contribution in [2.45, 2.75) is 0 Å². The summed E-state index contributed by atoms with van der Waals surface area (Å²) in [5.74, 6) is 1.85. The quantitative estimate of drug-likeness (QED) is 0.183. The van der Waals surface area contributed by atoms with Gasteiger partial charge in [0.05, 0.1) is 0 Å². The van der Waals surface area contributed by atoms with Crippen molar-refractivity contribution in [3.63, 3.8) is 0 Å². The van der Waals surface area contributed by atoms with E-state index in [9.17, 15) is 0 Å². The summed E-state index contributed by atoms with van der Waals surface area (Å²) < 4.78 is 6.22. The highest BCUT2D eigenvalue weighted by molar-refractivity contribution is 6.19. The fourth-order valence-electron chi connectivity index (χ4n) is 7.24. The molecule has 0 aliphatic carbocycles. The van der Waals surface area contributed by atoms with Gasteiger partial charge in [-0.05, 0) is 61.6 Å². The third kappa shape index (κ3) is 4.49. The van der Waals surface area contributed by atoms with Crippen LogP contribution in [0.25, 0.3) is 99.5 Å². The first-order valence-corrected chi connectivity index (χ1v) is 16.4. The smallest absolute Gasteiger partial charge is 0.164 e. The molecule has 2 aromatic heterocycles. The lowest BCUT2D eigenvalue weighted by molar-refractivity contribution is 0.669. The van der Waals surface area contributed by atoms with E-state index in [1.54, 1.807) is 0 Å². The Kier molecular flexibility index (Phi) is 6.15. The Labute approximate surface area is 282 Å². The summed E-state index contributed by atoms with van der Waals surface area (Å²) in [5.41, 5.74) is 6.68. The zero-order chi connectivity index (χ0) is 32.3. The summed E-state index contributed by atoms with van der Waals surface area (Å²) >= 11 is 0. The van der Waals surface area contributed by atoms with Gasteiger partial charge in [-0.1, -0.05) is 146 Å². The van der Waals surface area contributed by atoms with E-state index in [1.165, 1.54) is 37.9 Å². The summed E-state index contributed by atoms with van der Waals surface area (Å²) in [6.07, 6.45) is 0. The zero-order valence-corrected chi connectivity index (χ0v) is 26.3. The van der Waals surface area contributed by atoms with Gasteiger partial charge in [-0.15, -0.1) is 0 Å². The largest absolute Gasteiger partial charge is 0.456 e. The highest BCUT2D eigenvalue weighted by Crippen LogP contribution is 2.39. The van der Waals surface area contributed by atoms with Crippen molar-refractivity contribution < 1.29 is 4.42 Å². The van der Waals surface area contributed by atoms with Gasteiger partial charge in [0.2, 0.25) is 0 Å². The maximum absolute atomic E-state index is 6.22. The molecule has 228 valence electrons. The Morgan fingerprint density at radius 2 is 0.898 bits per heavy atom. The summed E-state index contributed by atoms with van der Waals surface area (Å²) in [7, 11) is 0. The standard InChI is InChI=1S/C45H27N3O/c1-2-12-29(13-3-1)43-46-44(48-45(47-43)39-20-10-22-41-42(39)38-17-6-7-21-40(38)49-41)31-15-8-14-30(27-31)33-18-9-19-34-36(33)26-25-35-32-16-5-4-11-28(32)23-24-37(34)35/h1-27H. The Morgan fingerprint density at radius 3 is 1.82 bits per heavy atom. The number of aromatic nitrogens is 3. The van der Waals surface area contributed by atoms with Crippen LogP contribution in [0.3, 0.4) is 0 Å². The average molecular weight is 626 g/mol. The molecule has 0 amide bonds. The predicted octanol–water partition coefficient (Wildman–Crippen LogP) is 11.9. The number of nitrogens with zero attached hydrogens (tertiary/aromatic N) is 3. The molecule has 0 atom stereocenters. The van der Waals surface area contributed by atoms with Gasteiger partial charge in [0, 0.05) is 27.5 Å². The molecule has 10 rings (SSSR count). The van der Waals surface area contributed by atoms with Crippen molar-refractivity contribution in [1.82, 2.24) is 15.0 Å². The maximum Gasteiger partial charge on any atom is 0.164 e. The number of benzene rings is 8. The van der Waals surface area contributed by atoms with Crippen LogP contribution in [0.1, 0.15) is 0 Å². The lowest BCUT2D eigenvalue weighted by atomic mass is 9.92. The molecule has 2 heterocycles. The van der Waals surface area contributed by atoms with Crippen molar-refractivity contribution in [2.24, 2.45) is 0 Å². The van der Waals surface area contributed by atoms with Crippen LogP contribution in [-0.4, -0.2) is 15.0 Å². The third-order valence-corrected chi connectivity index (χ3v) is 9.53. The highest BCUT2D eigenvalue weighted by atomic mass is 16.3. The van der Waals surface area contributed by atoms with E-state index in [4.69, 9.17) is 19.4 Å². The molecule has 0 aliphatic rings. The van der Waals surface area contributed by atoms with Crippen LogP contribution in [0.2, 0.25) is 0 Å².